The van der Waals surface area contributed by atoms with Crippen LogP contribution in [0.1, 0.15) is 18.0 Å². The van der Waals surface area contributed by atoms with Crippen molar-refractivity contribution in [3.05, 3.63) is 24.8 Å². The fourth-order valence-electron chi connectivity index (χ4n) is 1.56. The molecule has 0 unspecified atom stereocenters. The van der Waals surface area contributed by atoms with Gasteiger partial charge in [0.2, 0.25) is 0 Å². The second kappa shape index (κ2) is 6.28. The number of hydrogen-bond donors (Lipinski definition) is 2. The van der Waals surface area contributed by atoms with Gasteiger partial charge < -0.3 is 15.2 Å². The fourth-order valence-corrected chi connectivity index (χ4v) is 3.38. The van der Waals surface area contributed by atoms with Crippen LogP contribution in [0.3, 0.4) is 0 Å². The Hall–Kier alpha value is 0.0400. The summed E-state index contributed by atoms with van der Waals surface area (Å²) in [6, 6.07) is 3.74. The Morgan fingerprint density at radius 2 is 1.94 bits per heavy atom. The van der Waals surface area contributed by atoms with Crippen molar-refractivity contribution < 1.29 is 14.6 Å². The summed E-state index contributed by atoms with van der Waals surface area (Å²) in [5, 5.41) is 12.4. The first kappa shape index (κ1) is 15.1. The summed E-state index contributed by atoms with van der Waals surface area (Å²) in [6.45, 7) is 0.435. The smallest absolute Gasteiger partial charge is 0.407 e. The largest absolute Gasteiger partial charge is 0.506 e. The van der Waals surface area contributed by atoms with Crippen LogP contribution in [0.5, 0.6) is 5.75 Å². The topological polar surface area (TPSA) is 58.6 Å². The van der Waals surface area contributed by atoms with Gasteiger partial charge in [0.05, 0.1) is 19.8 Å². The van der Waals surface area contributed by atoms with Gasteiger partial charge in [-0.1, -0.05) is 0 Å². The lowest BCUT2D eigenvalue weighted by molar-refractivity contribution is 0.115. The molecule has 1 heterocycles. The summed E-state index contributed by atoms with van der Waals surface area (Å²) in [5.74, 6) is 0.295. The van der Waals surface area contributed by atoms with Crippen LogP contribution in [-0.2, 0) is 4.74 Å². The predicted molar refractivity (Wildman–Crippen MR) is 82.6 cm³/mol. The van der Waals surface area contributed by atoms with E-state index in [1.165, 1.54) is 0 Å². The molecule has 17 heavy (non-hydrogen) atoms. The van der Waals surface area contributed by atoms with Gasteiger partial charge in [0.25, 0.3) is 0 Å². The molecule has 0 bridgehead atoms. The van der Waals surface area contributed by atoms with Crippen molar-refractivity contribution in [3.8, 4) is 5.75 Å². The molecular formula is C10H10ClI2NO3. The quantitative estimate of drug-likeness (QED) is 0.606. The highest BCUT2D eigenvalue weighted by Gasteiger charge is 2.22. The van der Waals surface area contributed by atoms with E-state index in [-0.39, 0.29) is 24.5 Å². The zero-order valence-corrected chi connectivity index (χ0v) is 13.7. The number of alkyl carbamates (subject to hydrolysis) is 1. The molecule has 4 nitrogen and oxygen atoms in total. The molecule has 1 aromatic rings. The van der Waals surface area contributed by atoms with E-state index >= 15 is 0 Å². The Morgan fingerprint density at radius 1 is 1.35 bits per heavy atom. The SMILES string of the molecule is Cl.O=C1N[C@@H](c2cc(I)c(O)c(I)c2)CCO1. The minimum Gasteiger partial charge on any atom is -0.506 e. The maximum absolute atomic E-state index is 11.1. The summed E-state index contributed by atoms with van der Waals surface area (Å²) < 4.78 is 6.39. The molecule has 0 aromatic heterocycles. The van der Waals surface area contributed by atoms with E-state index in [1.54, 1.807) is 0 Å². The number of carbonyl (C=O) groups excluding carboxylic acids is 1. The summed E-state index contributed by atoms with van der Waals surface area (Å²) in [5.41, 5.74) is 1.00. The van der Waals surface area contributed by atoms with Crippen molar-refractivity contribution in [1.82, 2.24) is 5.32 Å². The minimum absolute atomic E-state index is 0. The Labute approximate surface area is 132 Å². The Bertz CT molecular complexity index is 419. The van der Waals surface area contributed by atoms with Crippen molar-refractivity contribution in [3.63, 3.8) is 0 Å². The van der Waals surface area contributed by atoms with Crippen LogP contribution in [-0.4, -0.2) is 17.8 Å². The number of nitrogens with one attached hydrogen (secondary N) is 1. The maximum atomic E-state index is 11.1. The summed E-state index contributed by atoms with van der Waals surface area (Å²) >= 11 is 4.16. The molecule has 1 aliphatic heterocycles. The molecule has 1 aromatic carbocycles. The highest BCUT2D eigenvalue weighted by molar-refractivity contribution is 14.1. The van der Waals surface area contributed by atoms with Gasteiger partial charge in [-0.2, -0.15) is 0 Å². The van der Waals surface area contributed by atoms with Gasteiger partial charge in [-0.05, 0) is 62.9 Å². The number of carbonyl (C=O) groups is 1. The number of phenols is 1. The van der Waals surface area contributed by atoms with Gasteiger partial charge >= 0.3 is 6.09 Å². The van der Waals surface area contributed by atoms with Crippen molar-refractivity contribution >= 4 is 63.7 Å². The number of benzene rings is 1. The van der Waals surface area contributed by atoms with E-state index in [1.807, 2.05) is 12.1 Å². The van der Waals surface area contributed by atoms with E-state index in [0.29, 0.717) is 12.4 Å². The number of hydrogen-bond acceptors (Lipinski definition) is 3. The molecule has 2 rings (SSSR count). The van der Waals surface area contributed by atoms with E-state index in [2.05, 4.69) is 50.5 Å². The predicted octanol–water partition coefficient (Wildman–Crippen LogP) is 3.19. The lowest BCUT2D eigenvalue weighted by Gasteiger charge is -2.24. The van der Waals surface area contributed by atoms with E-state index in [9.17, 15) is 9.90 Å². The molecule has 0 spiro atoms. The molecule has 94 valence electrons. The average molecular weight is 481 g/mol. The van der Waals surface area contributed by atoms with Gasteiger partial charge in [0.1, 0.15) is 5.75 Å². The molecular weight excluding hydrogens is 471 g/mol. The number of rotatable bonds is 1. The number of halogens is 3. The lowest BCUT2D eigenvalue weighted by atomic mass is 10.0. The zero-order chi connectivity index (χ0) is 11.7. The molecule has 0 aliphatic carbocycles. The van der Waals surface area contributed by atoms with Crippen molar-refractivity contribution in [2.24, 2.45) is 0 Å². The van der Waals surface area contributed by atoms with E-state index in [0.717, 1.165) is 19.1 Å². The molecule has 2 N–H and O–H groups in total. The third-order valence-corrected chi connectivity index (χ3v) is 4.02. The molecule has 0 radical (unpaired) electrons. The first-order valence-electron chi connectivity index (χ1n) is 4.69. The van der Waals surface area contributed by atoms with Crippen molar-refractivity contribution in [2.45, 2.75) is 12.5 Å². The second-order valence-electron chi connectivity index (χ2n) is 3.45. The summed E-state index contributed by atoms with van der Waals surface area (Å²) in [6.07, 6.45) is 0.372. The number of amides is 1. The molecule has 0 saturated carbocycles. The number of cyclic esters (lactones) is 1. The third kappa shape index (κ3) is 3.50. The molecule has 1 amide bonds. The first-order chi connectivity index (χ1) is 7.58. The Morgan fingerprint density at radius 3 is 2.47 bits per heavy atom. The highest BCUT2D eigenvalue weighted by Crippen LogP contribution is 2.31. The van der Waals surface area contributed by atoms with E-state index in [4.69, 9.17) is 4.74 Å². The number of ether oxygens (including phenoxy) is 1. The van der Waals surface area contributed by atoms with Gasteiger partial charge in [0.15, 0.2) is 0 Å². The van der Waals surface area contributed by atoms with Crippen LogP contribution >= 0.6 is 57.6 Å². The van der Waals surface area contributed by atoms with Crippen LogP contribution in [0.4, 0.5) is 4.79 Å². The van der Waals surface area contributed by atoms with Crippen molar-refractivity contribution in [1.29, 1.82) is 0 Å². The molecule has 1 fully saturated rings. The highest BCUT2D eigenvalue weighted by atomic mass is 127. The number of aromatic hydroxyl groups is 1. The van der Waals surface area contributed by atoms with E-state index < -0.39 is 0 Å². The zero-order valence-electron chi connectivity index (χ0n) is 8.57. The fraction of sp³-hybridized carbons (Fsp3) is 0.300. The van der Waals surface area contributed by atoms with Crippen LogP contribution in [0.25, 0.3) is 0 Å². The monoisotopic (exact) mass is 481 g/mol. The molecule has 1 atom stereocenters. The van der Waals surface area contributed by atoms with Crippen LogP contribution in [0.15, 0.2) is 12.1 Å². The van der Waals surface area contributed by atoms with Gasteiger partial charge in [0, 0.05) is 6.42 Å². The van der Waals surface area contributed by atoms with Crippen LogP contribution < -0.4 is 5.32 Å². The van der Waals surface area contributed by atoms with Gasteiger partial charge in [-0.3, -0.25) is 0 Å². The molecule has 1 aliphatic rings. The van der Waals surface area contributed by atoms with Crippen LogP contribution in [0.2, 0.25) is 0 Å². The normalized spacial score (nSPS) is 18.9. The van der Waals surface area contributed by atoms with Gasteiger partial charge in [-0.25, -0.2) is 4.79 Å². The Kier molecular flexibility index (Phi) is 5.58. The minimum atomic E-state index is -0.380. The summed E-state index contributed by atoms with van der Waals surface area (Å²) in [7, 11) is 0. The Balaban J connectivity index is 0.00000144. The van der Waals surface area contributed by atoms with Gasteiger partial charge in [-0.15, -0.1) is 12.4 Å². The first-order valence-corrected chi connectivity index (χ1v) is 6.85. The lowest BCUT2D eigenvalue weighted by Crippen LogP contribution is -2.35. The maximum Gasteiger partial charge on any atom is 0.407 e. The third-order valence-electron chi connectivity index (χ3n) is 2.37. The standard InChI is InChI=1S/C10H9I2NO3.ClH/c11-6-3-5(4-7(12)9(6)14)8-1-2-16-10(15)13-8;/h3-4,8,14H,1-2H2,(H,13,15);1H/t8-;/m1./s1. The second-order valence-corrected chi connectivity index (χ2v) is 5.78. The summed E-state index contributed by atoms with van der Waals surface area (Å²) in [4.78, 5) is 11.1. The molecule has 1 saturated heterocycles. The van der Waals surface area contributed by atoms with Crippen LogP contribution in [0, 0.1) is 7.14 Å². The average Bonchev–Trinajstić information content (AvgIpc) is 2.25. The molecule has 7 heteroatoms. The van der Waals surface area contributed by atoms with Crippen molar-refractivity contribution in [2.75, 3.05) is 6.61 Å². The number of phenolic OH excluding ortho intramolecular Hbond substituents is 1.